The lowest BCUT2D eigenvalue weighted by Crippen LogP contribution is -2.67. The number of rotatable bonds is 3. The van der Waals surface area contributed by atoms with Crippen LogP contribution in [0.3, 0.4) is 0 Å². The molecular weight excluding hydrogens is 328 g/mol. The maximum absolute atomic E-state index is 6.21. The average molecular weight is 344 g/mol. The third-order valence-corrected chi connectivity index (χ3v) is 6.15. The van der Waals surface area contributed by atoms with E-state index < -0.39 is 0 Å². The number of piperidine rings is 1. The second-order valence-electron chi connectivity index (χ2n) is 6.03. The van der Waals surface area contributed by atoms with Crippen molar-refractivity contribution in [1.82, 2.24) is 15.3 Å². The summed E-state index contributed by atoms with van der Waals surface area (Å²) >= 11 is 3.33. The summed E-state index contributed by atoms with van der Waals surface area (Å²) in [6, 6.07) is 6.13. The van der Waals surface area contributed by atoms with Crippen LogP contribution in [0.2, 0.25) is 0 Å². The largest absolute Gasteiger partial charge is 0.423 e. The van der Waals surface area contributed by atoms with Gasteiger partial charge in [0.1, 0.15) is 10.5 Å². The standard InChI is InChI=1S/C16H16N4OS2/c1-22-12-3-2-11(15-17-4-5-23-15)14-13(12)19-16(21-14)20-7-9-6-10(8-20)18-9/h2-5,9-10,18H,6-8H2,1H3. The SMILES string of the molecule is CSc1ccc(-c2nccs2)c2oc(N3CC4CC(C3)N4)nc12. The number of aromatic nitrogens is 2. The molecule has 0 spiro atoms. The summed E-state index contributed by atoms with van der Waals surface area (Å²) in [6.45, 7) is 1.95. The molecule has 2 aromatic heterocycles. The molecule has 5 heterocycles. The summed E-state index contributed by atoms with van der Waals surface area (Å²) in [4.78, 5) is 12.7. The third-order valence-electron chi connectivity index (χ3n) is 4.57. The van der Waals surface area contributed by atoms with E-state index in [0.717, 1.165) is 45.7 Å². The van der Waals surface area contributed by atoms with Crippen molar-refractivity contribution in [2.24, 2.45) is 0 Å². The van der Waals surface area contributed by atoms with Gasteiger partial charge in [0, 0.05) is 41.6 Å². The predicted octanol–water partition coefficient (Wildman–Crippen LogP) is 3.22. The van der Waals surface area contributed by atoms with Crippen molar-refractivity contribution < 1.29 is 4.42 Å². The molecule has 3 saturated heterocycles. The van der Waals surface area contributed by atoms with Crippen LogP contribution in [-0.2, 0) is 0 Å². The van der Waals surface area contributed by atoms with Gasteiger partial charge in [-0.2, -0.15) is 4.98 Å². The number of anilines is 1. The molecule has 3 aliphatic heterocycles. The fourth-order valence-electron chi connectivity index (χ4n) is 3.47. The van der Waals surface area contributed by atoms with Crippen LogP contribution in [-0.4, -0.2) is 41.4 Å². The van der Waals surface area contributed by atoms with Gasteiger partial charge in [-0.05, 0) is 24.8 Å². The highest BCUT2D eigenvalue weighted by Crippen LogP contribution is 2.38. The molecular formula is C16H16N4OS2. The molecule has 5 nitrogen and oxygen atoms in total. The molecule has 23 heavy (non-hydrogen) atoms. The van der Waals surface area contributed by atoms with Crippen LogP contribution < -0.4 is 10.2 Å². The Morgan fingerprint density at radius 2 is 2.17 bits per heavy atom. The number of nitrogens with zero attached hydrogens (tertiary/aromatic N) is 3. The van der Waals surface area contributed by atoms with Gasteiger partial charge in [0.15, 0.2) is 5.58 Å². The molecule has 0 amide bonds. The summed E-state index contributed by atoms with van der Waals surface area (Å²) in [6.07, 6.45) is 5.18. The summed E-state index contributed by atoms with van der Waals surface area (Å²) in [5.41, 5.74) is 2.84. The van der Waals surface area contributed by atoms with Crippen molar-refractivity contribution in [3.8, 4) is 10.6 Å². The van der Waals surface area contributed by atoms with Crippen molar-refractivity contribution in [3.05, 3.63) is 23.7 Å². The van der Waals surface area contributed by atoms with Crippen molar-refractivity contribution in [2.75, 3.05) is 24.2 Å². The number of benzene rings is 1. The maximum atomic E-state index is 6.21. The summed E-state index contributed by atoms with van der Waals surface area (Å²) in [7, 11) is 0. The normalized spacial score (nSPS) is 23.3. The first kappa shape index (κ1) is 13.8. The molecule has 7 heteroatoms. The van der Waals surface area contributed by atoms with Crippen LogP contribution in [0, 0.1) is 0 Å². The van der Waals surface area contributed by atoms with E-state index in [4.69, 9.17) is 9.40 Å². The Morgan fingerprint density at radius 3 is 2.87 bits per heavy atom. The second-order valence-corrected chi connectivity index (χ2v) is 7.77. The van der Waals surface area contributed by atoms with Crippen LogP contribution in [0.1, 0.15) is 6.42 Å². The minimum Gasteiger partial charge on any atom is -0.423 e. The molecule has 3 aromatic rings. The molecule has 3 aliphatic rings. The van der Waals surface area contributed by atoms with Gasteiger partial charge in [-0.15, -0.1) is 23.1 Å². The van der Waals surface area contributed by atoms with Crippen molar-refractivity contribution in [3.63, 3.8) is 0 Å². The van der Waals surface area contributed by atoms with E-state index in [1.54, 1.807) is 23.1 Å². The first-order chi connectivity index (χ1) is 11.3. The van der Waals surface area contributed by atoms with Gasteiger partial charge in [-0.25, -0.2) is 4.98 Å². The minimum absolute atomic E-state index is 0.585. The zero-order chi connectivity index (χ0) is 15.4. The lowest BCUT2D eigenvalue weighted by atomic mass is 9.92. The van der Waals surface area contributed by atoms with Gasteiger partial charge < -0.3 is 14.6 Å². The van der Waals surface area contributed by atoms with E-state index in [1.165, 1.54) is 6.42 Å². The number of thiazole rings is 1. The van der Waals surface area contributed by atoms with Crippen LogP contribution in [0.4, 0.5) is 6.01 Å². The van der Waals surface area contributed by atoms with Gasteiger partial charge in [-0.1, -0.05) is 0 Å². The summed E-state index contributed by atoms with van der Waals surface area (Å²) < 4.78 is 6.21. The Bertz CT molecular complexity index is 844. The van der Waals surface area contributed by atoms with E-state index in [-0.39, 0.29) is 0 Å². The minimum atomic E-state index is 0.585. The fraction of sp³-hybridized carbons (Fsp3) is 0.375. The monoisotopic (exact) mass is 344 g/mol. The lowest BCUT2D eigenvalue weighted by molar-refractivity contribution is 0.220. The first-order valence-electron chi connectivity index (χ1n) is 7.70. The summed E-state index contributed by atoms with van der Waals surface area (Å²) in [5.74, 6) is 0. The van der Waals surface area contributed by atoms with Crippen LogP contribution in [0.25, 0.3) is 21.7 Å². The van der Waals surface area contributed by atoms with Gasteiger partial charge in [-0.3, -0.25) is 0 Å². The Hall–Kier alpha value is -1.57. The van der Waals surface area contributed by atoms with Crippen molar-refractivity contribution in [1.29, 1.82) is 0 Å². The number of oxazole rings is 1. The van der Waals surface area contributed by atoms with Gasteiger partial charge in [0.25, 0.3) is 6.01 Å². The molecule has 0 saturated carbocycles. The topological polar surface area (TPSA) is 54.2 Å². The Kier molecular flexibility index (Phi) is 3.14. The molecule has 2 atom stereocenters. The predicted molar refractivity (Wildman–Crippen MR) is 94.4 cm³/mol. The number of nitrogens with one attached hydrogen (secondary N) is 1. The van der Waals surface area contributed by atoms with E-state index in [0.29, 0.717) is 12.1 Å². The highest BCUT2D eigenvalue weighted by atomic mass is 32.2. The fourth-order valence-corrected chi connectivity index (χ4v) is 4.66. The van der Waals surface area contributed by atoms with E-state index in [1.807, 2.05) is 11.6 Å². The smallest absolute Gasteiger partial charge is 0.298 e. The molecule has 6 rings (SSSR count). The van der Waals surface area contributed by atoms with E-state index in [9.17, 15) is 0 Å². The first-order valence-corrected chi connectivity index (χ1v) is 9.80. The van der Waals surface area contributed by atoms with Gasteiger partial charge in [0.05, 0.1) is 5.56 Å². The number of fused-ring (bicyclic) bond motifs is 3. The molecule has 1 aromatic carbocycles. The van der Waals surface area contributed by atoms with Crippen LogP contribution in [0.15, 0.2) is 33.0 Å². The number of thioether (sulfide) groups is 1. The highest BCUT2D eigenvalue weighted by Gasteiger charge is 2.38. The summed E-state index contributed by atoms with van der Waals surface area (Å²) in [5, 5.41) is 6.52. The van der Waals surface area contributed by atoms with E-state index >= 15 is 0 Å². The van der Waals surface area contributed by atoms with Crippen molar-refractivity contribution >= 4 is 40.2 Å². The quantitative estimate of drug-likeness (QED) is 0.736. The zero-order valence-electron chi connectivity index (χ0n) is 12.7. The lowest BCUT2D eigenvalue weighted by Gasteiger charge is -2.47. The van der Waals surface area contributed by atoms with Gasteiger partial charge >= 0.3 is 0 Å². The maximum Gasteiger partial charge on any atom is 0.298 e. The third kappa shape index (κ3) is 2.18. The van der Waals surface area contributed by atoms with Crippen molar-refractivity contribution in [2.45, 2.75) is 23.4 Å². The molecule has 118 valence electrons. The molecule has 3 fully saturated rings. The highest BCUT2D eigenvalue weighted by molar-refractivity contribution is 7.98. The van der Waals surface area contributed by atoms with Crippen LogP contribution >= 0.6 is 23.1 Å². The second kappa shape index (κ2) is 5.22. The Morgan fingerprint density at radius 1 is 1.35 bits per heavy atom. The molecule has 0 radical (unpaired) electrons. The Labute approximate surface area is 142 Å². The van der Waals surface area contributed by atoms with E-state index in [2.05, 4.69) is 33.6 Å². The molecule has 2 unspecified atom stereocenters. The number of piperazine rings is 1. The molecule has 1 N–H and O–H groups in total. The number of hydrogen-bond donors (Lipinski definition) is 1. The number of hydrogen-bond acceptors (Lipinski definition) is 7. The average Bonchev–Trinajstić information content (AvgIpc) is 3.23. The molecule has 0 aliphatic carbocycles. The Balaban J connectivity index is 1.64. The zero-order valence-corrected chi connectivity index (χ0v) is 14.3. The van der Waals surface area contributed by atoms with Crippen LogP contribution in [0.5, 0.6) is 0 Å². The van der Waals surface area contributed by atoms with Gasteiger partial charge in [0.2, 0.25) is 0 Å². The molecule has 2 bridgehead atoms.